The summed E-state index contributed by atoms with van der Waals surface area (Å²) in [4.78, 5) is 23.6. The Hall–Kier alpha value is -1.69. The Morgan fingerprint density at radius 2 is 2.13 bits per heavy atom. The quantitative estimate of drug-likeness (QED) is 0.636. The monoisotopic (exact) mass is 268 g/mol. The Morgan fingerprint density at radius 3 is 2.80 bits per heavy atom. The van der Waals surface area contributed by atoms with Crippen molar-refractivity contribution in [3.05, 3.63) is 49.2 Å². The van der Waals surface area contributed by atoms with Gasteiger partial charge in [0.1, 0.15) is 0 Å². The van der Waals surface area contributed by atoms with Crippen LogP contribution in [-0.4, -0.2) is 9.91 Å². The first kappa shape index (κ1) is 9.85. The summed E-state index contributed by atoms with van der Waals surface area (Å²) in [5.41, 5.74) is -0.576. The molecule has 0 fully saturated rings. The Labute approximate surface area is 92.0 Å². The summed E-state index contributed by atoms with van der Waals surface area (Å²) in [5, 5.41) is 11.1. The summed E-state index contributed by atoms with van der Waals surface area (Å²) < 4.78 is 0.701. The van der Waals surface area contributed by atoms with Crippen LogP contribution in [0.5, 0.6) is 0 Å². The second-order valence-corrected chi connectivity index (χ2v) is 3.80. The Morgan fingerprint density at radius 1 is 1.40 bits per heavy atom. The number of H-pyrrole nitrogens is 1. The highest BCUT2D eigenvalue weighted by Crippen LogP contribution is 2.22. The minimum Gasteiger partial charge on any atom is -0.315 e. The van der Waals surface area contributed by atoms with Crippen LogP contribution in [-0.2, 0) is 0 Å². The maximum Gasteiger partial charge on any atom is 0.334 e. The number of para-hydroxylation sites is 1. The molecule has 1 aromatic heterocycles. The zero-order chi connectivity index (χ0) is 11.0. The molecule has 0 amide bonds. The van der Waals surface area contributed by atoms with Crippen molar-refractivity contribution < 1.29 is 4.92 Å². The lowest BCUT2D eigenvalue weighted by Gasteiger charge is -1.99. The highest BCUT2D eigenvalue weighted by molar-refractivity contribution is 9.10. The first-order chi connectivity index (χ1) is 7.09. The number of hydrogen-bond donors (Lipinski definition) is 1. The molecule has 0 bridgehead atoms. The van der Waals surface area contributed by atoms with E-state index in [-0.39, 0.29) is 0 Å². The van der Waals surface area contributed by atoms with Crippen molar-refractivity contribution in [1.29, 1.82) is 0 Å². The van der Waals surface area contributed by atoms with E-state index < -0.39 is 16.2 Å². The summed E-state index contributed by atoms with van der Waals surface area (Å²) in [6, 6.07) is 6.46. The van der Waals surface area contributed by atoms with E-state index in [1.165, 1.54) is 6.07 Å². The van der Waals surface area contributed by atoms with Crippen molar-refractivity contribution in [3.8, 4) is 0 Å². The van der Waals surface area contributed by atoms with Gasteiger partial charge in [-0.2, -0.15) is 0 Å². The first-order valence-electron chi connectivity index (χ1n) is 4.05. The SMILES string of the molecule is O=c1[nH]c2c(Br)cccc2cc1[N+](=O)[O-]. The Bertz CT molecular complexity index is 606. The van der Waals surface area contributed by atoms with Gasteiger partial charge in [-0.1, -0.05) is 12.1 Å². The molecule has 0 aliphatic rings. The van der Waals surface area contributed by atoms with E-state index in [1.807, 2.05) is 0 Å². The number of nitrogens with zero attached hydrogens (tertiary/aromatic N) is 1. The van der Waals surface area contributed by atoms with E-state index in [0.29, 0.717) is 15.4 Å². The number of pyridine rings is 1. The van der Waals surface area contributed by atoms with Crippen molar-refractivity contribution in [2.45, 2.75) is 0 Å². The number of aromatic nitrogens is 1. The van der Waals surface area contributed by atoms with Crippen LogP contribution < -0.4 is 5.56 Å². The van der Waals surface area contributed by atoms with Gasteiger partial charge < -0.3 is 4.98 Å². The molecule has 15 heavy (non-hydrogen) atoms. The molecular formula is C9H5BrN2O3. The predicted octanol–water partition coefficient (Wildman–Crippen LogP) is 2.20. The molecule has 1 N–H and O–H groups in total. The molecule has 0 aliphatic heterocycles. The van der Waals surface area contributed by atoms with Crippen LogP contribution in [0.15, 0.2) is 33.5 Å². The summed E-state index contributed by atoms with van der Waals surface area (Å²) in [6.45, 7) is 0. The van der Waals surface area contributed by atoms with Gasteiger partial charge in [-0.05, 0) is 22.0 Å². The fourth-order valence-electron chi connectivity index (χ4n) is 1.32. The van der Waals surface area contributed by atoms with E-state index in [4.69, 9.17) is 0 Å². The van der Waals surface area contributed by atoms with Gasteiger partial charge >= 0.3 is 11.2 Å². The van der Waals surface area contributed by atoms with E-state index in [9.17, 15) is 14.9 Å². The Balaban J connectivity index is 2.88. The normalized spacial score (nSPS) is 10.5. The molecular weight excluding hydrogens is 264 g/mol. The summed E-state index contributed by atoms with van der Waals surface area (Å²) >= 11 is 3.25. The average Bonchev–Trinajstić information content (AvgIpc) is 2.18. The molecule has 0 aliphatic carbocycles. The number of nitrogens with one attached hydrogen (secondary N) is 1. The second-order valence-electron chi connectivity index (χ2n) is 2.94. The van der Waals surface area contributed by atoms with Crippen molar-refractivity contribution in [2.75, 3.05) is 0 Å². The topological polar surface area (TPSA) is 76.0 Å². The molecule has 0 saturated carbocycles. The molecule has 5 nitrogen and oxygen atoms in total. The zero-order valence-corrected chi connectivity index (χ0v) is 8.95. The van der Waals surface area contributed by atoms with Crippen molar-refractivity contribution in [2.24, 2.45) is 0 Å². The average molecular weight is 269 g/mol. The molecule has 0 saturated heterocycles. The van der Waals surface area contributed by atoms with Gasteiger partial charge in [-0.25, -0.2) is 0 Å². The van der Waals surface area contributed by atoms with E-state index in [2.05, 4.69) is 20.9 Å². The first-order valence-corrected chi connectivity index (χ1v) is 4.85. The number of benzene rings is 1. The van der Waals surface area contributed by atoms with Crippen LogP contribution in [0.4, 0.5) is 5.69 Å². The fraction of sp³-hybridized carbons (Fsp3) is 0. The van der Waals surface area contributed by atoms with Crippen LogP contribution >= 0.6 is 15.9 Å². The molecule has 0 unspecified atom stereocenters. The minimum atomic E-state index is -0.695. The van der Waals surface area contributed by atoms with Gasteiger partial charge in [0.15, 0.2) is 0 Å². The summed E-state index contributed by atoms with van der Waals surface area (Å²) in [6.07, 6.45) is 0. The number of halogens is 1. The van der Waals surface area contributed by atoms with E-state index >= 15 is 0 Å². The van der Waals surface area contributed by atoms with Gasteiger partial charge in [0, 0.05) is 15.9 Å². The molecule has 2 rings (SSSR count). The second kappa shape index (κ2) is 3.47. The van der Waals surface area contributed by atoms with Crippen LogP contribution in [0.3, 0.4) is 0 Å². The van der Waals surface area contributed by atoms with Crippen LogP contribution in [0.2, 0.25) is 0 Å². The van der Waals surface area contributed by atoms with Crippen LogP contribution in [0.25, 0.3) is 10.9 Å². The largest absolute Gasteiger partial charge is 0.334 e. The van der Waals surface area contributed by atoms with Crippen molar-refractivity contribution in [3.63, 3.8) is 0 Å². The molecule has 1 heterocycles. The number of fused-ring (bicyclic) bond motifs is 1. The Kier molecular flexibility index (Phi) is 2.28. The van der Waals surface area contributed by atoms with Crippen LogP contribution in [0, 0.1) is 10.1 Å². The molecule has 6 heteroatoms. The molecule has 0 radical (unpaired) electrons. The maximum absolute atomic E-state index is 11.3. The highest BCUT2D eigenvalue weighted by atomic mass is 79.9. The van der Waals surface area contributed by atoms with Gasteiger partial charge in [-0.3, -0.25) is 14.9 Å². The lowest BCUT2D eigenvalue weighted by atomic mass is 10.2. The van der Waals surface area contributed by atoms with E-state index in [1.54, 1.807) is 18.2 Å². The van der Waals surface area contributed by atoms with Crippen molar-refractivity contribution >= 4 is 32.5 Å². The zero-order valence-electron chi connectivity index (χ0n) is 7.36. The van der Waals surface area contributed by atoms with Gasteiger partial charge in [0.05, 0.1) is 10.4 Å². The molecule has 76 valence electrons. The molecule has 0 atom stereocenters. The number of aromatic amines is 1. The summed E-state index contributed by atoms with van der Waals surface area (Å²) in [5.74, 6) is 0. The van der Waals surface area contributed by atoms with Gasteiger partial charge in [0.25, 0.3) is 0 Å². The van der Waals surface area contributed by atoms with Crippen molar-refractivity contribution in [1.82, 2.24) is 4.98 Å². The highest BCUT2D eigenvalue weighted by Gasteiger charge is 2.13. The maximum atomic E-state index is 11.3. The third kappa shape index (κ3) is 1.63. The smallest absolute Gasteiger partial charge is 0.315 e. The number of hydrogen-bond acceptors (Lipinski definition) is 3. The molecule has 1 aromatic carbocycles. The van der Waals surface area contributed by atoms with Crippen LogP contribution in [0.1, 0.15) is 0 Å². The fourth-order valence-corrected chi connectivity index (χ4v) is 1.80. The molecule has 2 aromatic rings. The third-order valence-corrected chi connectivity index (χ3v) is 2.67. The third-order valence-electron chi connectivity index (χ3n) is 2.01. The minimum absolute atomic E-state index is 0.444. The van der Waals surface area contributed by atoms with Gasteiger partial charge in [-0.15, -0.1) is 0 Å². The number of rotatable bonds is 1. The standard InChI is InChI=1S/C9H5BrN2O3/c10-6-3-1-2-5-4-7(12(14)15)9(13)11-8(5)6/h1-4H,(H,11,13). The lowest BCUT2D eigenvalue weighted by molar-refractivity contribution is -0.386. The predicted molar refractivity (Wildman–Crippen MR) is 58.9 cm³/mol. The van der Waals surface area contributed by atoms with Gasteiger partial charge in [0.2, 0.25) is 0 Å². The summed E-state index contributed by atoms with van der Waals surface area (Å²) in [7, 11) is 0. The molecule has 0 spiro atoms. The van der Waals surface area contributed by atoms with E-state index in [0.717, 1.165) is 0 Å². The number of nitro groups is 1. The lowest BCUT2D eigenvalue weighted by Crippen LogP contribution is -2.11.